The van der Waals surface area contributed by atoms with Gasteiger partial charge in [-0.25, -0.2) is 14.8 Å². The van der Waals surface area contributed by atoms with Crippen molar-refractivity contribution in [1.82, 2.24) is 29.0 Å². The van der Waals surface area contributed by atoms with Crippen LogP contribution in [-0.2, 0) is 17.8 Å². The van der Waals surface area contributed by atoms with Gasteiger partial charge < -0.3 is 9.72 Å². The number of rotatable bonds is 11. The Morgan fingerprint density at radius 3 is 2.48 bits per heavy atom. The molecule has 0 atom stereocenters. The summed E-state index contributed by atoms with van der Waals surface area (Å²) in [6.45, 7) is 8.70. The molecule has 1 N–H and O–H groups in total. The molecule has 222 valence electrons. The van der Waals surface area contributed by atoms with Crippen LogP contribution in [0.15, 0.2) is 52.3 Å². The van der Waals surface area contributed by atoms with E-state index in [1.807, 2.05) is 19.9 Å². The second-order valence-corrected chi connectivity index (χ2v) is 10.4. The highest BCUT2D eigenvalue weighted by atomic mass is 19.1. The van der Waals surface area contributed by atoms with E-state index < -0.39 is 5.95 Å². The molecule has 0 aliphatic carbocycles. The Morgan fingerprint density at radius 2 is 1.81 bits per heavy atom. The number of ether oxygens (including phenoxy) is 1. The third-order valence-electron chi connectivity index (χ3n) is 7.49. The first-order valence-corrected chi connectivity index (χ1v) is 14.5. The van der Waals surface area contributed by atoms with Gasteiger partial charge in [-0.3, -0.25) is 28.5 Å². The Bertz CT molecular complexity index is 1640. The molecule has 1 saturated heterocycles. The van der Waals surface area contributed by atoms with Crippen molar-refractivity contribution >= 4 is 22.8 Å². The monoisotopic (exact) mass is 577 g/mol. The standard InChI is InChI=1S/C30H36FN7O4/c1-3-5-11-38-29(40)27-24(36(10-4-2)30(38)41)18-23(34-27)21-7-9-26(33-19-21)37(13-12-35-14-16-42-17-15-35)28(39)22-6-8-25(31)32-20-22/h6-9,18-20,34H,3-5,10-17H2,1-2H3. The topological polar surface area (TPSA) is 118 Å². The minimum atomic E-state index is -0.659. The van der Waals surface area contributed by atoms with E-state index in [9.17, 15) is 18.8 Å². The number of halogens is 1. The molecule has 0 saturated carbocycles. The van der Waals surface area contributed by atoms with E-state index in [-0.39, 0.29) is 22.7 Å². The van der Waals surface area contributed by atoms with E-state index in [4.69, 9.17) is 4.74 Å². The molecule has 1 aliphatic rings. The molecule has 12 heteroatoms. The van der Waals surface area contributed by atoms with Gasteiger partial charge in [-0.05, 0) is 43.2 Å². The second kappa shape index (κ2) is 13.2. The van der Waals surface area contributed by atoms with Gasteiger partial charge in [0.1, 0.15) is 11.3 Å². The number of H-pyrrole nitrogens is 1. The molecule has 5 rings (SSSR count). The lowest BCUT2D eigenvalue weighted by molar-refractivity contribution is 0.0391. The van der Waals surface area contributed by atoms with Crippen LogP contribution in [0.3, 0.4) is 0 Å². The number of unbranched alkanes of at least 4 members (excludes halogenated alkanes) is 1. The first kappa shape index (κ1) is 29.3. The molecule has 5 heterocycles. The number of aromatic amines is 1. The highest BCUT2D eigenvalue weighted by Gasteiger charge is 2.22. The number of amides is 1. The average molecular weight is 578 g/mol. The lowest BCUT2D eigenvalue weighted by Crippen LogP contribution is -2.43. The number of fused-ring (bicyclic) bond motifs is 1. The van der Waals surface area contributed by atoms with Gasteiger partial charge in [-0.2, -0.15) is 4.39 Å². The summed E-state index contributed by atoms with van der Waals surface area (Å²) in [7, 11) is 0. The Morgan fingerprint density at radius 1 is 1.00 bits per heavy atom. The number of carbonyl (C=O) groups excluding carboxylic acids is 1. The van der Waals surface area contributed by atoms with Crippen LogP contribution in [0.25, 0.3) is 22.3 Å². The maximum Gasteiger partial charge on any atom is 0.331 e. The van der Waals surface area contributed by atoms with E-state index in [2.05, 4.69) is 19.9 Å². The van der Waals surface area contributed by atoms with Gasteiger partial charge in [0.2, 0.25) is 5.95 Å². The fraction of sp³-hybridized carbons (Fsp3) is 0.433. The highest BCUT2D eigenvalue weighted by Crippen LogP contribution is 2.24. The number of morpholine rings is 1. The first-order chi connectivity index (χ1) is 20.4. The second-order valence-electron chi connectivity index (χ2n) is 10.4. The van der Waals surface area contributed by atoms with Crippen LogP contribution in [0.1, 0.15) is 43.5 Å². The molecule has 0 spiro atoms. The van der Waals surface area contributed by atoms with Gasteiger partial charge >= 0.3 is 5.69 Å². The van der Waals surface area contributed by atoms with Crippen LogP contribution in [0, 0.1) is 5.95 Å². The molecule has 0 bridgehead atoms. The lowest BCUT2D eigenvalue weighted by atomic mass is 10.2. The largest absolute Gasteiger partial charge is 0.379 e. The third kappa shape index (κ3) is 6.19. The van der Waals surface area contributed by atoms with Gasteiger partial charge in [0.25, 0.3) is 11.5 Å². The number of aromatic nitrogens is 5. The zero-order valence-corrected chi connectivity index (χ0v) is 24.0. The van der Waals surface area contributed by atoms with Crippen molar-refractivity contribution in [3.63, 3.8) is 0 Å². The van der Waals surface area contributed by atoms with Crippen LogP contribution < -0.4 is 16.1 Å². The third-order valence-corrected chi connectivity index (χ3v) is 7.49. The van der Waals surface area contributed by atoms with Gasteiger partial charge in [0.15, 0.2) is 0 Å². The van der Waals surface area contributed by atoms with E-state index in [0.717, 1.165) is 38.4 Å². The van der Waals surface area contributed by atoms with Gasteiger partial charge in [0, 0.05) is 62.9 Å². The smallest absolute Gasteiger partial charge is 0.331 e. The summed E-state index contributed by atoms with van der Waals surface area (Å²) in [6, 6.07) is 7.94. The molecule has 42 heavy (non-hydrogen) atoms. The van der Waals surface area contributed by atoms with E-state index >= 15 is 0 Å². The number of nitrogens with zero attached hydrogens (tertiary/aromatic N) is 6. The predicted molar refractivity (Wildman–Crippen MR) is 158 cm³/mol. The van der Waals surface area contributed by atoms with Gasteiger partial charge in [-0.1, -0.05) is 20.3 Å². The van der Waals surface area contributed by atoms with Crippen molar-refractivity contribution in [1.29, 1.82) is 0 Å². The Balaban J connectivity index is 1.47. The van der Waals surface area contributed by atoms with Crippen LogP contribution in [0.4, 0.5) is 10.2 Å². The van der Waals surface area contributed by atoms with Crippen LogP contribution in [0.5, 0.6) is 0 Å². The van der Waals surface area contributed by atoms with Crippen LogP contribution >= 0.6 is 0 Å². The maximum atomic E-state index is 13.5. The molecule has 0 unspecified atom stereocenters. The predicted octanol–water partition coefficient (Wildman–Crippen LogP) is 3.28. The van der Waals surface area contributed by atoms with E-state index in [0.29, 0.717) is 67.5 Å². The Kier molecular flexibility index (Phi) is 9.23. The summed E-state index contributed by atoms with van der Waals surface area (Å²) in [4.78, 5) is 55.1. The zero-order chi connectivity index (χ0) is 29.6. The van der Waals surface area contributed by atoms with E-state index in [1.165, 1.54) is 16.8 Å². The molecule has 4 aromatic rings. The summed E-state index contributed by atoms with van der Waals surface area (Å²) in [5, 5.41) is 0. The van der Waals surface area contributed by atoms with Crippen molar-refractivity contribution in [2.75, 3.05) is 44.3 Å². The fourth-order valence-corrected chi connectivity index (χ4v) is 5.15. The molecular weight excluding hydrogens is 541 g/mol. The number of hydrogen-bond donors (Lipinski definition) is 1. The number of anilines is 1. The fourth-order valence-electron chi connectivity index (χ4n) is 5.15. The molecular formula is C30H36FN7O4. The summed E-state index contributed by atoms with van der Waals surface area (Å²) in [5.74, 6) is -0.561. The lowest BCUT2D eigenvalue weighted by Gasteiger charge is -2.29. The zero-order valence-electron chi connectivity index (χ0n) is 24.0. The van der Waals surface area contributed by atoms with Crippen molar-refractivity contribution in [3.05, 3.63) is 75.1 Å². The molecule has 0 radical (unpaired) electrons. The molecule has 0 aromatic carbocycles. The Labute approximate surface area is 242 Å². The van der Waals surface area contributed by atoms with Crippen LogP contribution in [-0.4, -0.2) is 74.3 Å². The van der Waals surface area contributed by atoms with Gasteiger partial charge in [0.05, 0.1) is 24.3 Å². The van der Waals surface area contributed by atoms with Crippen LogP contribution in [0.2, 0.25) is 0 Å². The van der Waals surface area contributed by atoms with Crippen molar-refractivity contribution in [2.24, 2.45) is 0 Å². The van der Waals surface area contributed by atoms with Crippen molar-refractivity contribution in [3.8, 4) is 11.3 Å². The molecule has 11 nitrogen and oxygen atoms in total. The summed E-state index contributed by atoms with van der Waals surface area (Å²) < 4.78 is 21.8. The Hall–Kier alpha value is -4.16. The molecule has 1 aliphatic heterocycles. The average Bonchev–Trinajstić information content (AvgIpc) is 3.46. The highest BCUT2D eigenvalue weighted by molar-refractivity contribution is 6.05. The number of hydrogen-bond acceptors (Lipinski definition) is 7. The number of pyridine rings is 2. The van der Waals surface area contributed by atoms with E-state index in [1.54, 1.807) is 27.8 Å². The molecule has 1 fully saturated rings. The normalized spacial score (nSPS) is 14.0. The minimum Gasteiger partial charge on any atom is -0.379 e. The number of nitrogens with one attached hydrogen (secondary N) is 1. The maximum absolute atomic E-state index is 13.5. The molecule has 4 aromatic heterocycles. The summed E-state index contributed by atoms with van der Waals surface area (Å²) in [5.41, 5.74) is 1.91. The summed E-state index contributed by atoms with van der Waals surface area (Å²) in [6.07, 6.45) is 5.21. The van der Waals surface area contributed by atoms with Gasteiger partial charge in [-0.15, -0.1) is 0 Å². The number of carbonyl (C=O) groups is 1. The molecule has 1 amide bonds. The summed E-state index contributed by atoms with van der Waals surface area (Å²) >= 11 is 0. The quantitative estimate of drug-likeness (QED) is 0.272. The van der Waals surface area contributed by atoms with Crippen molar-refractivity contribution in [2.45, 2.75) is 46.2 Å². The number of aryl methyl sites for hydroxylation is 1. The minimum absolute atomic E-state index is 0.258. The first-order valence-electron chi connectivity index (χ1n) is 14.5. The van der Waals surface area contributed by atoms with Crippen molar-refractivity contribution < 1.29 is 13.9 Å². The SMILES string of the molecule is CCCCn1c(=O)c2[nH]c(-c3ccc(N(CCN4CCOCC4)C(=O)c4ccc(F)nc4)nc3)cc2n(CCC)c1=O.